The highest BCUT2D eigenvalue weighted by Crippen LogP contribution is 2.66. The molecular formula is C20H27NO2. The molecule has 124 valence electrons. The molecule has 0 radical (unpaired) electrons. The van der Waals surface area contributed by atoms with Crippen molar-refractivity contribution in [2.24, 2.45) is 22.7 Å². The highest BCUT2D eigenvalue weighted by molar-refractivity contribution is 5.93. The fourth-order valence-electron chi connectivity index (χ4n) is 4.75. The van der Waals surface area contributed by atoms with E-state index < -0.39 is 0 Å². The van der Waals surface area contributed by atoms with Crippen LogP contribution in [0.5, 0.6) is 0 Å². The Hall–Kier alpha value is -1.64. The minimum atomic E-state index is -0.185. The van der Waals surface area contributed by atoms with Gasteiger partial charge in [-0.2, -0.15) is 0 Å². The van der Waals surface area contributed by atoms with Gasteiger partial charge in [0.1, 0.15) is 5.78 Å². The molecule has 3 heteroatoms. The van der Waals surface area contributed by atoms with Crippen LogP contribution in [0, 0.1) is 29.6 Å². The molecule has 1 aromatic carbocycles. The van der Waals surface area contributed by atoms with Gasteiger partial charge in [0, 0.05) is 23.4 Å². The van der Waals surface area contributed by atoms with Crippen molar-refractivity contribution in [3.63, 3.8) is 0 Å². The standard InChI is InChI=1S/C20H27NO2/c1-13-5-7-14(8-6-13)21-17(22)10-9-15-16-11-12-20(4,18(15)23)19(16,2)3/h5-8,15-16H,9-12H2,1-4H3,(H,21,22)/t15-,16-,20+/m1/s1. The number of rotatable bonds is 4. The number of hydrogen-bond acceptors (Lipinski definition) is 2. The summed E-state index contributed by atoms with van der Waals surface area (Å²) in [6, 6.07) is 7.80. The highest BCUT2D eigenvalue weighted by atomic mass is 16.1. The fourth-order valence-corrected chi connectivity index (χ4v) is 4.75. The first kappa shape index (κ1) is 16.2. The lowest BCUT2D eigenvalue weighted by Gasteiger charge is -2.32. The summed E-state index contributed by atoms with van der Waals surface area (Å²) in [6.07, 6.45) is 3.24. The summed E-state index contributed by atoms with van der Waals surface area (Å²) in [5.41, 5.74) is 1.89. The van der Waals surface area contributed by atoms with Gasteiger partial charge in [0.25, 0.3) is 0 Å². The van der Waals surface area contributed by atoms with E-state index in [0.29, 0.717) is 24.5 Å². The molecule has 0 aromatic heterocycles. The van der Waals surface area contributed by atoms with E-state index in [1.54, 1.807) is 0 Å². The van der Waals surface area contributed by atoms with Gasteiger partial charge in [0.05, 0.1) is 0 Å². The molecule has 0 spiro atoms. The quantitative estimate of drug-likeness (QED) is 0.898. The van der Waals surface area contributed by atoms with Gasteiger partial charge in [0.2, 0.25) is 5.91 Å². The third-order valence-corrected chi connectivity index (χ3v) is 6.69. The van der Waals surface area contributed by atoms with Crippen molar-refractivity contribution >= 4 is 17.4 Å². The highest BCUT2D eigenvalue weighted by Gasteiger charge is 2.65. The Balaban J connectivity index is 1.60. The third kappa shape index (κ3) is 2.50. The van der Waals surface area contributed by atoms with E-state index in [9.17, 15) is 9.59 Å². The maximum absolute atomic E-state index is 12.8. The zero-order valence-corrected chi connectivity index (χ0v) is 14.6. The van der Waals surface area contributed by atoms with Crippen LogP contribution in [0.3, 0.4) is 0 Å². The zero-order valence-electron chi connectivity index (χ0n) is 14.6. The van der Waals surface area contributed by atoms with Gasteiger partial charge in [0.15, 0.2) is 0 Å². The first-order valence-corrected chi connectivity index (χ1v) is 8.66. The second-order valence-corrected chi connectivity index (χ2v) is 8.12. The number of aryl methyl sites for hydroxylation is 1. The Morgan fingerprint density at radius 3 is 2.43 bits per heavy atom. The van der Waals surface area contributed by atoms with Crippen molar-refractivity contribution in [1.82, 2.24) is 0 Å². The van der Waals surface area contributed by atoms with E-state index in [2.05, 4.69) is 26.1 Å². The molecule has 2 saturated carbocycles. The SMILES string of the molecule is Cc1ccc(NC(=O)CC[C@H]2C(=O)[C@]3(C)CC[C@H]2C3(C)C)cc1. The predicted molar refractivity (Wildman–Crippen MR) is 92.2 cm³/mol. The molecule has 0 aliphatic heterocycles. The average molecular weight is 313 g/mol. The van der Waals surface area contributed by atoms with Crippen LogP contribution in [-0.2, 0) is 9.59 Å². The van der Waals surface area contributed by atoms with Gasteiger partial charge in [-0.25, -0.2) is 0 Å². The fraction of sp³-hybridized carbons (Fsp3) is 0.600. The van der Waals surface area contributed by atoms with Crippen molar-refractivity contribution < 1.29 is 9.59 Å². The van der Waals surface area contributed by atoms with E-state index in [-0.39, 0.29) is 22.7 Å². The Morgan fingerprint density at radius 1 is 1.22 bits per heavy atom. The molecule has 2 bridgehead atoms. The number of nitrogens with one attached hydrogen (secondary N) is 1. The first-order valence-electron chi connectivity index (χ1n) is 8.66. The van der Waals surface area contributed by atoms with Crippen molar-refractivity contribution in [2.75, 3.05) is 5.32 Å². The molecule has 0 unspecified atom stereocenters. The molecule has 2 aliphatic rings. The Kier molecular flexibility index (Phi) is 3.86. The minimum Gasteiger partial charge on any atom is -0.326 e. The van der Waals surface area contributed by atoms with E-state index in [0.717, 1.165) is 18.5 Å². The molecule has 1 aromatic rings. The van der Waals surface area contributed by atoms with Crippen molar-refractivity contribution in [1.29, 1.82) is 0 Å². The van der Waals surface area contributed by atoms with Crippen LogP contribution in [0.25, 0.3) is 0 Å². The molecule has 3 rings (SSSR count). The lowest BCUT2D eigenvalue weighted by atomic mass is 9.70. The number of fused-ring (bicyclic) bond motifs is 2. The molecule has 2 fully saturated rings. The van der Waals surface area contributed by atoms with Gasteiger partial charge in [-0.3, -0.25) is 9.59 Å². The van der Waals surface area contributed by atoms with Crippen LogP contribution in [0.4, 0.5) is 5.69 Å². The van der Waals surface area contributed by atoms with E-state index >= 15 is 0 Å². The topological polar surface area (TPSA) is 46.2 Å². The second-order valence-electron chi connectivity index (χ2n) is 8.12. The van der Waals surface area contributed by atoms with Crippen molar-refractivity contribution in [3.8, 4) is 0 Å². The van der Waals surface area contributed by atoms with E-state index in [1.807, 2.05) is 31.2 Å². The number of carbonyl (C=O) groups is 2. The predicted octanol–water partition coefficient (Wildman–Crippen LogP) is 4.36. The average Bonchev–Trinajstić information content (AvgIpc) is 2.80. The van der Waals surface area contributed by atoms with E-state index in [4.69, 9.17) is 0 Å². The van der Waals surface area contributed by atoms with E-state index in [1.165, 1.54) is 5.56 Å². The molecule has 0 saturated heterocycles. The van der Waals surface area contributed by atoms with Gasteiger partial charge in [-0.15, -0.1) is 0 Å². The number of hydrogen-bond donors (Lipinski definition) is 1. The van der Waals surface area contributed by atoms with Crippen LogP contribution in [-0.4, -0.2) is 11.7 Å². The third-order valence-electron chi connectivity index (χ3n) is 6.69. The maximum Gasteiger partial charge on any atom is 0.224 e. The smallest absolute Gasteiger partial charge is 0.224 e. The van der Waals surface area contributed by atoms with Crippen LogP contribution in [0.1, 0.15) is 52.0 Å². The molecule has 1 amide bonds. The zero-order chi connectivity index (χ0) is 16.8. The number of ketones is 1. The summed E-state index contributed by atoms with van der Waals surface area (Å²) in [4.78, 5) is 25.0. The molecule has 0 heterocycles. The maximum atomic E-state index is 12.8. The summed E-state index contributed by atoms with van der Waals surface area (Å²) >= 11 is 0. The molecule has 1 N–H and O–H groups in total. The van der Waals surface area contributed by atoms with Crippen LogP contribution in [0.15, 0.2) is 24.3 Å². The van der Waals surface area contributed by atoms with Gasteiger partial charge < -0.3 is 5.32 Å². The minimum absolute atomic E-state index is 0.00684. The summed E-state index contributed by atoms with van der Waals surface area (Å²) in [6.45, 7) is 8.61. The molecular weight excluding hydrogens is 286 g/mol. The normalized spacial score (nSPS) is 31.4. The summed E-state index contributed by atoms with van der Waals surface area (Å²) < 4.78 is 0. The largest absolute Gasteiger partial charge is 0.326 e. The molecule has 3 atom stereocenters. The summed E-state index contributed by atoms with van der Waals surface area (Å²) in [5, 5.41) is 2.93. The first-order chi connectivity index (χ1) is 10.8. The summed E-state index contributed by atoms with van der Waals surface area (Å²) in [7, 11) is 0. The number of benzene rings is 1. The number of anilines is 1. The molecule has 3 nitrogen and oxygen atoms in total. The lowest BCUT2D eigenvalue weighted by Crippen LogP contribution is -2.33. The summed E-state index contributed by atoms with van der Waals surface area (Å²) in [5.74, 6) is 0.897. The number of Topliss-reactive ketones (excluding diaryl/α,β-unsaturated/α-hetero) is 1. The Labute approximate surface area is 138 Å². The van der Waals surface area contributed by atoms with Gasteiger partial charge >= 0.3 is 0 Å². The molecule has 2 aliphatic carbocycles. The van der Waals surface area contributed by atoms with Crippen molar-refractivity contribution in [3.05, 3.63) is 29.8 Å². The number of carbonyl (C=O) groups excluding carboxylic acids is 2. The molecule has 23 heavy (non-hydrogen) atoms. The monoisotopic (exact) mass is 313 g/mol. The Morgan fingerprint density at radius 2 is 1.87 bits per heavy atom. The van der Waals surface area contributed by atoms with Crippen LogP contribution >= 0.6 is 0 Å². The second kappa shape index (κ2) is 5.47. The Bertz CT molecular complexity index is 632. The lowest BCUT2D eigenvalue weighted by molar-refractivity contribution is -0.132. The van der Waals surface area contributed by atoms with Crippen molar-refractivity contribution in [2.45, 2.75) is 53.4 Å². The van der Waals surface area contributed by atoms with Gasteiger partial charge in [-0.05, 0) is 49.7 Å². The van der Waals surface area contributed by atoms with Crippen LogP contribution < -0.4 is 5.32 Å². The number of amides is 1. The van der Waals surface area contributed by atoms with Crippen LogP contribution in [0.2, 0.25) is 0 Å². The van der Waals surface area contributed by atoms with Gasteiger partial charge in [-0.1, -0.05) is 38.5 Å².